The van der Waals surface area contributed by atoms with Crippen molar-refractivity contribution in [2.24, 2.45) is 22.2 Å². The molecule has 0 aliphatic carbocycles. The monoisotopic (exact) mass is 546 g/mol. The van der Waals surface area contributed by atoms with Crippen molar-refractivity contribution in [3.63, 3.8) is 0 Å². The Morgan fingerprint density at radius 1 is 0.974 bits per heavy atom. The first kappa shape index (κ1) is 30.6. The smallest absolute Gasteiger partial charge is 0.326 e. The summed E-state index contributed by atoms with van der Waals surface area (Å²) < 4.78 is 0. The van der Waals surface area contributed by atoms with E-state index in [1.165, 1.54) is 6.92 Å². The second-order valence-corrected chi connectivity index (χ2v) is 8.91. The van der Waals surface area contributed by atoms with E-state index in [-0.39, 0.29) is 31.8 Å². The molecule has 0 aliphatic rings. The Morgan fingerprint density at radius 3 is 2.28 bits per heavy atom. The average Bonchev–Trinajstić information content (AvgIpc) is 3.27. The van der Waals surface area contributed by atoms with Crippen molar-refractivity contribution < 1.29 is 34.2 Å². The Kier molecular flexibility index (Phi) is 11.2. The summed E-state index contributed by atoms with van der Waals surface area (Å²) in [6.45, 7) is 1.50. The minimum Gasteiger partial charge on any atom is -0.481 e. The first-order valence-corrected chi connectivity index (χ1v) is 12.1. The lowest BCUT2D eigenvalue weighted by Crippen LogP contribution is -2.57. The van der Waals surface area contributed by atoms with E-state index in [4.69, 9.17) is 22.3 Å². The minimum absolute atomic E-state index is 0.00111. The SMILES string of the molecule is CC(NC(=O)C(N)CC(=O)O)C(=O)NC(Cc1c[nH]c2ccccc12)C(=O)NC(CCCN=C(N)N)C(=O)O. The Morgan fingerprint density at radius 2 is 1.64 bits per heavy atom. The van der Waals surface area contributed by atoms with Crippen molar-refractivity contribution in [3.05, 3.63) is 36.0 Å². The van der Waals surface area contributed by atoms with Gasteiger partial charge in [0, 0.05) is 30.1 Å². The van der Waals surface area contributed by atoms with Crippen molar-refractivity contribution in [2.75, 3.05) is 6.54 Å². The number of carbonyl (C=O) groups is 5. The zero-order valence-corrected chi connectivity index (χ0v) is 21.3. The van der Waals surface area contributed by atoms with Crippen molar-refractivity contribution in [3.8, 4) is 0 Å². The molecular weight excluding hydrogens is 512 g/mol. The number of amides is 3. The summed E-state index contributed by atoms with van der Waals surface area (Å²) in [6, 6.07) is 2.25. The number of H-pyrrole nitrogens is 1. The maximum absolute atomic E-state index is 13.2. The molecule has 0 saturated carbocycles. The number of rotatable bonds is 15. The molecule has 12 N–H and O–H groups in total. The van der Waals surface area contributed by atoms with Crippen molar-refractivity contribution >= 4 is 46.5 Å². The lowest BCUT2D eigenvalue weighted by Gasteiger charge is -2.23. The normalized spacial score (nSPS) is 13.9. The highest BCUT2D eigenvalue weighted by Crippen LogP contribution is 2.19. The van der Waals surface area contributed by atoms with E-state index in [2.05, 4.69) is 25.9 Å². The maximum Gasteiger partial charge on any atom is 0.326 e. The Hall–Kier alpha value is -4.66. The summed E-state index contributed by atoms with van der Waals surface area (Å²) in [6.07, 6.45) is 1.34. The molecule has 4 unspecified atom stereocenters. The molecule has 0 aliphatic heterocycles. The third kappa shape index (κ3) is 9.62. The van der Waals surface area contributed by atoms with E-state index in [9.17, 15) is 29.1 Å². The Labute approximate surface area is 223 Å². The Bertz CT molecular complexity index is 1220. The topological polar surface area (TPSA) is 268 Å². The van der Waals surface area contributed by atoms with Gasteiger partial charge in [-0.15, -0.1) is 0 Å². The molecule has 15 nitrogen and oxygen atoms in total. The fourth-order valence-electron chi connectivity index (χ4n) is 3.73. The molecule has 0 spiro atoms. The number of aliphatic carboxylic acids is 2. The lowest BCUT2D eigenvalue weighted by atomic mass is 10.0. The number of aliphatic imine (C=N–C) groups is 1. The fraction of sp³-hybridized carbons (Fsp3) is 0.417. The van der Waals surface area contributed by atoms with Crippen LogP contribution >= 0.6 is 0 Å². The molecule has 4 atom stereocenters. The molecule has 1 aromatic heterocycles. The quantitative estimate of drug-likeness (QED) is 0.0681. The molecule has 3 amide bonds. The molecule has 2 aromatic rings. The zero-order chi connectivity index (χ0) is 29.1. The molecule has 212 valence electrons. The van der Waals surface area contributed by atoms with Gasteiger partial charge in [-0.25, -0.2) is 4.79 Å². The van der Waals surface area contributed by atoms with Crippen LogP contribution in [0.25, 0.3) is 10.9 Å². The maximum atomic E-state index is 13.2. The third-order valence-electron chi connectivity index (χ3n) is 5.78. The molecule has 0 radical (unpaired) electrons. The number of guanidine groups is 1. The first-order valence-electron chi connectivity index (χ1n) is 12.1. The predicted octanol–water partition coefficient (Wildman–Crippen LogP) is -1.88. The number of nitrogens with zero attached hydrogens (tertiary/aromatic N) is 1. The highest BCUT2D eigenvalue weighted by atomic mass is 16.4. The summed E-state index contributed by atoms with van der Waals surface area (Å²) in [4.78, 5) is 67.7. The van der Waals surface area contributed by atoms with Gasteiger partial charge in [-0.2, -0.15) is 0 Å². The van der Waals surface area contributed by atoms with Crippen LogP contribution in [-0.2, 0) is 30.4 Å². The minimum atomic E-state index is -1.38. The number of aromatic amines is 1. The molecule has 0 bridgehead atoms. The summed E-state index contributed by atoms with van der Waals surface area (Å²) in [5, 5.41) is 26.5. The number of hydrogen-bond donors (Lipinski definition) is 9. The van der Waals surface area contributed by atoms with Crippen LogP contribution in [0.1, 0.15) is 31.7 Å². The van der Waals surface area contributed by atoms with Crippen LogP contribution in [0.5, 0.6) is 0 Å². The number of carbonyl (C=O) groups excluding carboxylic acids is 3. The van der Waals surface area contributed by atoms with Crippen LogP contribution in [0.3, 0.4) is 0 Å². The van der Waals surface area contributed by atoms with Crippen LogP contribution in [0.2, 0.25) is 0 Å². The number of carboxylic acid groups (broad SMARTS) is 2. The lowest BCUT2D eigenvalue weighted by molar-refractivity contribution is -0.142. The summed E-state index contributed by atoms with van der Waals surface area (Å²) in [7, 11) is 0. The molecule has 2 rings (SSSR count). The van der Waals surface area contributed by atoms with Gasteiger partial charge in [0.15, 0.2) is 5.96 Å². The highest BCUT2D eigenvalue weighted by Gasteiger charge is 2.29. The molecule has 0 fully saturated rings. The first-order chi connectivity index (χ1) is 18.4. The molecule has 0 saturated heterocycles. The van der Waals surface area contributed by atoms with Gasteiger partial charge in [0.25, 0.3) is 0 Å². The number of fused-ring (bicyclic) bond motifs is 1. The second kappa shape index (κ2) is 14.3. The summed E-state index contributed by atoms with van der Waals surface area (Å²) >= 11 is 0. The van der Waals surface area contributed by atoms with Gasteiger partial charge in [0.05, 0.1) is 12.5 Å². The van der Waals surface area contributed by atoms with Crippen LogP contribution < -0.4 is 33.2 Å². The molecule has 39 heavy (non-hydrogen) atoms. The number of carboxylic acids is 2. The number of para-hydroxylation sites is 1. The largest absolute Gasteiger partial charge is 0.481 e. The molecule has 15 heteroatoms. The number of nitrogens with one attached hydrogen (secondary N) is 4. The van der Waals surface area contributed by atoms with E-state index in [0.29, 0.717) is 5.56 Å². The molecule has 1 aromatic carbocycles. The second-order valence-electron chi connectivity index (χ2n) is 8.91. The van der Waals surface area contributed by atoms with Gasteiger partial charge in [-0.3, -0.25) is 24.2 Å². The zero-order valence-electron chi connectivity index (χ0n) is 21.3. The van der Waals surface area contributed by atoms with Gasteiger partial charge in [0.1, 0.15) is 18.1 Å². The van der Waals surface area contributed by atoms with Gasteiger partial charge < -0.3 is 48.3 Å². The fourth-order valence-corrected chi connectivity index (χ4v) is 3.73. The van der Waals surface area contributed by atoms with Crippen LogP contribution in [0, 0.1) is 0 Å². The van der Waals surface area contributed by atoms with Crippen LogP contribution in [0.4, 0.5) is 0 Å². The summed E-state index contributed by atoms with van der Waals surface area (Å²) in [5.74, 6) is -5.08. The number of aromatic nitrogens is 1. The van der Waals surface area contributed by atoms with Crippen molar-refractivity contribution in [1.82, 2.24) is 20.9 Å². The number of hydrogen-bond acceptors (Lipinski definition) is 7. The van der Waals surface area contributed by atoms with Gasteiger partial charge in [-0.05, 0) is 31.4 Å². The van der Waals surface area contributed by atoms with Crippen LogP contribution in [0.15, 0.2) is 35.5 Å². The van der Waals surface area contributed by atoms with E-state index >= 15 is 0 Å². The average molecular weight is 547 g/mol. The van der Waals surface area contributed by atoms with Crippen molar-refractivity contribution in [1.29, 1.82) is 0 Å². The van der Waals surface area contributed by atoms with Gasteiger partial charge in [-0.1, -0.05) is 18.2 Å². The molecular formula is C24H34N8O7. The van der Waals surface area contributed by atoms with Crippen molar-refractivity contribution in [2.45, 2.75) is 56.8 Å². The van der Waals surface area contributed by atoms with E-state index in [0.717, 1.165) is 10.9 Å². The van der Waals surface area contributed by atoms with E-state index in [1.54, 1.807) is 6.20 Å². The molecule has 1 heterocycles. The Balaban J connectivity index is 2.19. The third-order valence-corrected chi connectivity index (χ3v) is 5.78. The number of benzene rings is 1. The number of nitrogens with two attached hydrogens (primary N) is 3. The van der Waals surface area contributed by atoms with Gasteiger partial charge >= 0.3 is 11.9 Å². The standard InChI is InChI=1S/C24H34N8O7/c1-12(30-21(36)15(25)10-19(33)34)20(35)32-18(9-13-11-29-16-6-3-2-5-14(13)16)22(37)31-17(23(38)39)7-4-8-28-24(26)27/h2-3,5-6,11-12,15,17-18,29H,4,7-10,25H2,1H3,(H,30,36)(H,31,37)(H,32,35)(H,33,34)(H,38,39)(H4,26,27,28). The van der Waals surface area contributed by atoms with Gasteiger partial charge in [0.2, 0.25) is 17.7 Å². The summed E-state index contributed by atoms with van der Waals surface area (Å²) in [5.41, 5.74) is 17.6. The van der Waals surface area contributed by atoms with E-state index in [1.807, 2.05) is 24.3 Å². The highest BCUT2D eigenvalue weighted by molar-refractivity contribution is 5.95. The predicted molar refractivity (Wildman–Crippen MR) is 141 cm³/mol. The van der Waals surface area contributed by atoms with Crippen LogP contribution in [-0.4, -0.2) is 81.5 Å². The van der Waals surface area contributed by atoms with E-state index < -0.39 is 60.2 Å².